The van der Waals surface area contributed by atoms with Crippen molar-refractivity contribution in [1.82, 2.24) is 10.6 Å². The molecule has 0 aromatic heterocycles. The van der Waals surface area contributed by atoms with Crippen LogP contribution in [-0.2, 0) is 4.79 Å². The van der Waals surface area contributed by atoms with Gasteiger partial charge in [-0.15, -0.1) is 0 Å². The van der Waals surface area contributed by atoms with Crippen LogP contribution in [0.25, 0.3) is 0 Å². The first-order valence-electron chi connectivity index (χ1n) is 4.97. The van der Waals surface area contributed by atoms with Crippen molar-refractivity contribution in [2.24, 2.45) is 0 Å². The molecule has 0 heterocycles. The number of rotatable bonds is 3. The van der Waals surface area contributed by atoms with Crippen LogP contribution in [0, 0.1) is 0 Å². The van der Waals surface area contributed by atoms with E-state index >= 15 is 0 Å². The van der Waals surface area contributed by atoms with Gasteiger partial charge in [-0.25, -0.2) is 4.79 Å². The lowest BCUT2D eigenvalue weighted by Gasteiger charge is -2.13. The second kappa shape index (κ2) is 6.10. The fourth-order valence-corrected chi connectivity index (χ4v) is 1.17. The molecule has 0 radical (unpaired) electrons. The Kier molecular flexibility index (Phi) is 4.78. The molecule has 3 amide bonds. The van der Waals surface area contributed by atoms with Crippen LogP contribution in [0.1, 0.15) is 6.92 Å². The SMILES string of the molecule is CNC(=O)NC(=O)C(C)Oc1ccc(Cl)cc1. The standard InChI is InChI=1S/C11H13ClN2O3/c1-7(10(15)14-11(16)13-2)17-9-5-3-8(12)4-6-9/h3-7H,1-2H3,(H2,13,14,15,16). The molecule has 0 bridgehead atoms. The fourth-order valence-electron chi connectivity index (χ4n) is 1.05. The van der Waals surface area contributed by atoms with E-state index in [1.54, 1.807) is 31.2 Å². The average molecular weight is 257 g/mol. The molecule has 92 valence electrons. The lowest BCUT2D eigenvalue weighted by atomic mass is 10.3. The van der Waals surface area contributed by atoms with Gasteiger partial charge in [-0.05, 0) is 31.2 Å². The van der Waals surface area contributed by atoms with E-state index in [2.05, 4.69) is 10.6 Å². The maximum atomic E-state index is 11.5. The topological polar surface area (TPSA) is 67.4 Å². The minimum atomic E-state index is -0.770. The molecular formula is C11H13ClN2O3. The zero-order valence-corrected chi connectivity index (χ0v) is 10.2. The van der Waals surface area contributed by atoms with Crippen molar-refractivity contribution in [3.05, 3.63) is 29.3 Å². The normalized spacial score (nSPS) is 11.5. The average Bonchev–Trinajstić information content (AvgIpc) is 2.31. The molecule has 0 spiro atoms. The van der Waals surface area contributed by atoms with Gasteiger partial charge in [-0.2, -0.15) is 0 Å². The molecule has 6 heteroatoms. The van der Waals surface area contributed by atoms with E-state index in [1.165, 1.54) is 7.05 Å². The van der Waals surface area contributed by atoms with Gasteiger partial charge in [0, 0.05) is 12.1 Å². The molecule has 1 rings (SSSR count). The highest BCUT2D eigenvalue weighted by Crippen LogP contribution is 2.16. The lowest BCUT2D eigenvalue weighted by Crippen LogP contribution is -2.43. The Labute approximate surface area is 104 Å². The van der Waals surface area contributed by atoms with Crippen LogP contribution in [0.3, 0.4) is 0 Å². The van der Waals surface area contributed by atoms with E-state index in [4.69, 9.17) is 16.3 Å². The van der Waals surface area contributed by atoms with E-state index in [0.717, 1.165) is 0 Å². The third-order valence-electron chi connectivity index (χ3n) is 1.96. The zero-order chi connectivity index (χ0) is 12.8. The maximum Gasteiger partial charge on any atom is 0.321 e. The number of ether oxygens (including phenoxy) is 1. The van der Waals surface area contributed by atoms with Gasteiger partial charge < -0.3 is 10.1 Å². The number of imide groups is 1. The van der Waals surface area contributed by atoms with Crippen molar-refractivity contribution < 1.29 is 14.3 Å². The number of nitrogens with one attached hydrogen (secondary N) is 2. The molecule has 1 unspecified atom stereocenters. The van der Waals surface area contributed by atoms with Gasteiger partial charge in [0.05, 0.1) is 0 Å². The van der Waals surface area contributed by atoms with Crippen LogP contribution in [0.4, 0.5) is 4.79 Å². The third kappa shape index (κ3) is 4.32. The van der Waals surface area contributed by atoms with E-state index in [-0.39, 0.29) is 0 Å². The van der Waals surface area contributed by atoms with Gasteiger partial charge >= 0.3 is 6.03 Å². The first-order chi connectivity index (χ1) is 8.02. The molecule has 0 saturated carbocycles. The highest BCUT2D eigenvalue weighted by Gasteiger charge is 2.16. The molecule has 1 aromatic rings. The molecule has 17 heavy (non-hydrogen) atoms. The summed E-state index contributed by atoms with van der Waals surface area (Å²) in [5, 5.41) is 4.98. The second-order valence-electron chi connectivity index (χ2n) is 3.28. The summed E-state index contributed by atoms with van der Waals surface area (Å²) in [6, 6.07) is 6.03. The van der Waals surface area contributed by atoms with Crippen LogP contribution in [0.2, 0.25) is 5.02 Å². The Bertz CT molecular complexity index is 406. The number of hydrogen-bond donors (Lipinski definition) is 2. The van der Waals surface area contributed by atoms with Crippen LogP contribution in [0.5, 0.6) is 5.75 Å². The molecule has 2 N–H and O–H groups in total. The van der Waals surface area contributed by atoms with E-state index in [1.807, 2.05) is 0 Å². The van der Waals surface area contributed by atoms with Gasteiger partial charge in [-0.1, -0.05) is 11.6 Å². The molecule has 0 aliphatic carbocycles. The number of amides is 3. The number of urea groups is 1. The number of hydrogen-bond acceptors (Lipinski definition) is 3. The Hall–Kier alpha value is -1.75. The third-order valence-corrected chi connectivity index (χ3v) is 2.21. The predicted octanol–water partition coefficient (Wildman–Crippen LogP) is 1.56. The molecule has 0 fully saturated rings. The Balaban J connectivity index is 2.54. The smallest absolute Gasteiger partial charge is 0.321 e. The van der Waals surface area contributed by atoms with Gasteiger partial charge in [0.25, 0.3) is 5.91 Å². The summed E-state index contributed by atoms with van der Waals surface area (Å²) in [5.41, 5.74) is 0. The van der Waals surface area contributed by atoms with Crippen molar-refractivity contribution >= 4 is 23.5 Å². The van der Waals surface area contributed by atoms with Crippen LogP contribution >= 0.6 is 11.6 Å². The van der Waals surface area contributed by atoms with Crippen molar-refractivity contribution in [3.8, 4) is 5.75 Å². The van der Waals surface area contributed by atoms with Crippen molar-refractivity contribution in [1.29, 1.82) is 0 Å². The van der Waals surface area contributed by atoms with Crippen LogP contribution in [-0.4, -0.2) is 25.1 Å². The first-order valence-corrected chi connectivity index (χ1v) is 5.35. The van der Waals surface area contributed by atoms with Crippen LogP contribution < -0.4 is 15.4 Å². The molecule has 0 aliphatic rings. The lowest BCUT2D eigenvalue weighted by molar-refractivity contribution is -0.126. The quantitative estimate of drug-likeness (QED) is 0.863. The van der Waals surface area contributed by atoms with Crippen LogP contribution in [0.15, 0.2) is 24.3 Å². The molecule has 5 nitrogen and oxygen atoms in total. The summed E-state index contributed by atoms with van der Waals surface area (Å²) in [6.45, 7) is 1.55. The number of halogens is 1. The Morgan fingerprint density at radius 3 is 2.41 bits per heavy atom. The number of benzene rings is 1. The minimum absolute atomic E-state index is 0.508. The highest BCUT2D eigenvalue weighted by atomic mass is 35.5. The van der Waals surface area contributed by atoms with Gasteiger partial charge in [-0.3, -0.25) is 10.1 Å². The summed E-state index contributed by atoms with van der Waals surface area (Å²) in [5.74, 6) is -0.00624. The van der Waals surface area contributed by atoms with Crippen molar-refractivity contribution in [3.63, 3.8) is 0 Å². The predicted molar refractivity (Wildman–Crippen MR) is 64.1 cm³/mol. The second-order valence-corrected chi connectivity index (χ2v) is 3.72. The largest absolute Gasteiger partial charge is 0.481 e. The maximum absolute atomic E-state index is 11.5. The molecular weight excluding hydrogens is 244 g/mol. The summed E-state index contributed by atoms with van der Waals surface area (Å²) >= 11 is 5.71. The van der Waals surface area contributed by atoms with E-state index < -0.39 is 18.0 Å². The summed E-state index contributed by atoms with van der Waals surface area (Å²) in [4.78, 5) is 22.4. The van der Waals surface area contributed by atoms with E-state index in [9.17, 15) is 9.59 Å². The first kappa shape index (κ1) is 13.3. The van der Waals surface area contributed by atoms with Crippen molar-refractivity contribution in [2.75, 3.05) is 7.05 Å². The minimum Gasteiger partial charge on any atom is -0.481 e. The molecule has 1 aromatic carbocycles. The number of carbonyl (C=O) groups excluding carboxylic acids is 2. The van der Waals surface area contributed by atoms with Gasteiger partial charge in [0.2, 0.25) is 0 Å². The van der Waals surface area contributed by atoms with Crippen molar-refractivity contribution in [2.45, 2.75) is 13.0 Å². The monoisotopic (exact) mass is 256 g/mol. The summed E-state index contributed by atoms with van der Waals surface area (Å²) < 4.78 is 5.33. The van der Waals surface area contributed by atoms with Gasteiger partial charge in [0.15, 0.2) is 6.10 Å². The fraction of sp³-hybridized carbons (Fsp3) is 0.273. The number of carbonyl (C=O) groups is 2. The molecule has 0 aliphatic heterocycles. The van der Waals surface area contributed by atoms with Gasteiger partial charge in [0.1, 0.15) is 5.75 Å². The Morgan fingerprint density at radius 2 is 1.88 bits per heavy atom. The zero-order valence-electron chi connectivity index (χ0n) is 9.49. The van der Waals surface area contributed by atoms with E-state index in [0.29, 0.717) is 10.8 Å². The Morgan fingerprint density at radius 1 is 1.29 bits per heavy atom. The summed E-state index contributed by atoms with van der Waals surface area (Å²) in [7, 11) is 1.42. The highest BCUT2D eigenvalue weighted by molar-refractivity contribution is 6.30. The molecule has 1 atom stereocenters. The molecule has 0 saturated heterocycles. The summed E-state index contributed by atoms with van der Waals surface area (Å²) in [6.07, 6.45) is -0.770.